The van der Waals surface area contributed by atoms with Gasteiger partial charge in [-0.25, -0.2) is 0 Å². The monoisotopic (exact) mass is 343 g/mol. The second-order valence-corrected chi connectivity index (χ2v) is 6.87. The van der Waals surface area contributed by atoms with Crippen molar-refractivity contribution in [3.05, 3.63) is 0 Å². The third-order valence-corrected chi connectivity index (χ3v) is 4.29. The maximum atomic E-state index is 10.5. The Bertz CT molecular complexity index is 288. The normalized spacial score (nSPS) is 13.8. The quantitative estimate of drug-likeness (QED) is 0.225. The molecule has 0 fully saturated rings. The zero-order valence-electron chi connectivity index (χ0n) is 16.2. The molecule has 0 spiro atoms. The first-order valence-corrected chi connectivity index (χ1v) is 10.0. The standard InChI is InChI=1S/C19H41N3O2/c1-4-5-6-7-8-9-10-11-12-13-14-15-20-17(2)22-18(3)21-16-19(23)24/h17-18,20-22H,4-16H2,1-3H3,(H,23,24). The van der Waals surface area contributed by atoms with Gasteiger partial charge in [0.2, 0.25) is 0 Å². The van der Waals surface area contributed by atoms with Crippen molar-refractivity contribution in [1.82, 2.24) is 16.0 Å². The van der Waals surface area contributed by atoms with Gasteiger partial charge in [0.05, 0.1) is 18.9 Å². The van der Waals surface area contributed by atoms with Crippen LogP contribution in [0.15, 0.2) is 0 Å². The number of unbranched alkanes of at least 4 members (excludes halogenated alkanes) is 10. The predicted molar refractivity (Wildman–Crippen MR) is 102 cm³/mol. The van der Waals surface area contributed by atoms with Crippen LogP contribution >= 0.6 is 0 Å². The van der Waals surface area contributed by atoms with Gasteiger partial charge in [0, 0.05) is 0 Å². The molecule has 0 aromatic carbocycles. The molecule has 0 heterocycles. The number of hydrogen-bond donors (Lipinski definition) is 4. The summed E-state index contributed by atoms with van der Waals surface area (Å²) in [5.74, 6) is -0.828. The second kappa shape index (κ2) is 17.2. The van der Waals surface area contributed by atoms with Crippen LogP contribution in [0.5, 0.6) is 0 Å². The fourth-order valence-corrected chi connectivity index (χ4v) is 2.84. The molecule has 0 aromatic rings. The maximum Gasteiger partial charge on any atom is 0.317 e. The molecule has 0 saturated carbocycles. The Morgan fingerprint density at radius 2 is 1.25 bits per heavy atom. The highest BCUT2D eigenvalue weighted by molar-refractivity contribution is 5.69. The topological polar surface area (TPSA) is 73.4 Å². The van der Waals surface area contributed by atoms with Crippen molar-refractivity contribution in [3.8, 4) is 0 Å². The second-order valence-electron chi connectivity index (χ2n) is 6.87. The van der Waals surface area contributed by atoms with E-state index in [1.165, 1.54) is 70.6 Å². The van der Waals surface area contributed by atoms with Crippen molar-refractivity contribution < 1.29 is 9.90 Å². The molecule has 2 atom stereocenters. The fourth-order valence-electron chi connectivity index (χ4n) is 2.84. The van der Waals surface area contributed by atoms with E-state index in [-0.39, 0.29) is 18.9 Å². The molecule has 5 nitrogen and oxygen atoms in total. The van der Waals surface area contributed by atoms with Crippen LogP contribution in [0, 0.1) is 0 Å². The van der Waals surface area contributed by atoms with E-state index in [0.717, 1.165) is 6.54 Å². The number of carboxylic acids is 1. The first kappa shape index (κ1) is 23.4. The van der Waals surface area contributed by atoms with Crippen LogP contribution in [0.25, 0.3) is 0 Å². The first-order valence-electron chi connectivity index (χ1n) is 10.0. The highest BCUT2D eigenvalue weighted by Gasteiger charge is 2.07. The van der Waals surface area contributed by atoms with Crippen molar-refractivity contribution in [2.75, 3.05) is 13.1 Å². The summed E-state index contributed by atoms with van der Waals surface area (Å²) in [4.78, 5) is 10.5. The van der Waals surface area contributed by atoms with Crippen LogP contribution < -0.4 is 16.0 Å². The Balaban J connectivity index is 3.27. The molecule has 0 radical (unpaired) electrons. The van der Waals surface area contributed by atoms with Crippen LogP contribution in [0.3, 0.4) is 0 Å². The SMILES string of the molecule is CCCCCCCCCCCCCNC(C)NC(C)NCC(=O)O. The van der Waals surface area contributed by atoms with E-state index in [1.807, 2.05) is 6.92 Å². The average Bonchev–Trinajstić information content (AvgIpc) is 2.54. The molecule has 0 saturated heterocycles. The van der Waals surface area contributed by atoms with Gasteiger partial charge in [0.15, 0.2) is 0 Å². The summed E-state index contributed by atoms with van der Waals surface area (Å²) < 4.78 is 0. The van der Waals surface area contributed by atoms with Crippen LogP contribution in [-0.2, 0) is 4.79 Å². The zero-order chi connectivity index (χ0) is 18.0. The molecule has 0 rings (SSSR count). The summed E-state index contributed by atoms with van der Waals surface area (Å²) in [5.41, 5.74) is 0. The van der Waals surface area contributed by atoms with Gasteiger partial charge in [-0.3, -0.25) is 15.4 Å². The molecule has 0 aliphatic rings. The lowest BCUT2D eigenvalue weighted by Crippen LogP contribution is -2.51. The Hall–Kier alpha value is -0.650. The number of rotatable bonds is 18. The van der Waals surface area contributed by atoms with Gasteiger partial charge >= 0.3 is 5.97 Å². The van der Waals surface area contributed by atoms with E-state index in [1.54, 1.807) is 0 Å². The summed E-state index contributed by atoms with van der Waals surface area (Å²) >= 11 is 0. The predicted octanol–water partition coefficient (Wildman–Crippen LogP) is 3.84. The van der Waals surface area contributed by atoms with Gasteiger partial charge in [0.25, 0.3) is 0 Å². The van der Waals surface area contributed by atoms with Crippen LogP contribution in [0.1, 0.15) is 91.4 Å². The Labute approximate surface area is 149 Å². The molecule has 4 N–H and O–H groups in total. The van der Waals surface area contributed by atoms with Gasteiger partial charge in [-0.05, 0) is 26.8 Å². The van der Waals surface area contributed by atoms with Crippen molar-refractivity contribution >= 4 is 5.97 Å². The molecule has 24 heavy (non-hydrogen) atoms. The molecule has 0 aliphatic carbocycles. The van der Waals surface area contributed by atoms with Gasteiger partial charge in [0.1, 0.15) is 0 Å². The minimum absolute atomic E-state index is 0.0130. The van der Waals surface area contributed by atoms with E-state index in [9.17, 15) is 4.79 Å². The third-order valence-electron chi connectivity index (χ3n) is 4.29. The molecule has 5 heteroatoms. The van der Waals surface area contributed by atoms with Crippen molar-refractivity contribution in [1.29, 1.82) is 0 Å². The summed E-state index contributed by atoms with van der Waals surface area (Å²) in [7, 11) is 0. The largest absolute Gasteiger partial charge is 0.480 e. The number of nitrogens with one attached hydrogen (secondary N) is 3. The van der Waals surface area contributed by atoms with Gasteiger partial charge in [-0.15, -0.1) is 0 Å². The molecule has 2 unspecified atom stereocenters. The average molecular weight is 344 g/mol. The van der Waals surface area contributed by atoms with Crippen LogP contribution in [-0.4, -0.2) is 36.5 Å². The van der Waals surface area contributed by atoms with E-state index in [0.29, 0.717) is 0 Å². The lowest BCUT2D eigenvalue weighted by Gasteiger charge is -2.21. The lowest BCUT2D eigenvalue weighted by molar-refractivity contribution is -0.136. The molecule has 0 aromatic heterocycles. The summed E-state index contributed by atoms with van der Waals surface area (Å²) in [6.07, 6.45) is 15.2. The van der Waals surface area contributed by atoms with Crippen molar-refractivity contribution in [2.45, 2.75) is 104 Å². The van der Waals surface area contributed by atoms with Crippen molar-refractivity contribution in [3.63, 3.8) is 0 Å². The number of aliphatic carboxylic acids is 1. The molecular formula is C19H41N3O2. The Morgan fingerprint density at radius 1 is 0.792 bits per heavy atom. The number of carboxylic acid groups (broad SMARTS) is 1. The van der Waals surface area contributed by atoms with Crippen molar-refractivity contribution in [2.24, 2.45) is 0 Å². The minimum Gasteiger partial charge on any atom is -0.480 e. The van der Waals surface area contributed by atoms with Gasteiger partial charge in [-0.1, -0.05) is 71.1 Å². The van der Waals surface area contributed by atoms with Crippen LogP contribution in [0.2, 0.25) is 0 Å². The molecule has 0 amide bonds. The molecular weight excluding hydrogens is 302 g/mol. The van der Waals surface area contributed by atoms with E-state index >= 15 is 0 Å². The smallest absolute Gasteiger partial charge is 0.317 e. The first-order chi connectivity index (χ1) is 11.6. The van der Waals surface area contributed by atoms with E-state index < -0.39 is 5.97 Å². The van der Waals surface area contributed by atoms with Crippen LogP contribution in [0.4, 0.5) is 0 Å². The fraction of sp³-hybridized carbons (Fsp3) is 0.947. The van der Waals surface area contributed by atoms with Gasteiger partial charge in [-0.2, -0.15) is 0 Å². The number of carbonyl (C=O) groups is 1. The molecule has 144 valence electrons. The highest BCUT2D eigenvalue weighted by atomic mass is 16.4. The lowest BCUT2D eigenvalue weighted by atomic mass is 10.1. The number of hydrogen-bond acceptors (Lipinski definition) is 4. The molecule has 0 bridgehead atoms. The molecule has 0 aliphatic heterocycles. The summed E-state index contributed by atoms with van der Waals surface area (Å²) in [6.45, 7) is 7.26. The zero-order valence-corrected chi connectivity index (χ0v) is 16.2. The third kappa shape index (κ3) is 17.7. The van der Waals surface area contributed by atoms with Gasteiger partial charge < -0.3 is 10.4 Å². The minimum atomic E-state index is -0.828. The highest BCUT2D eigenvalue weighted by Crippen LogP contribution is 2.10. The Kier molecular flexibility index (Phi) is 16.7. The Morgan fingerprint density at radius 3 is 1.75 bits per heavy atom. The summed E-state index contributed by atoms with van der Waals surface area (Å²) in [5, 5.41) is 18.2. The van der Waals surface area contributed by atoms with E-state index in [2.05, 4.69) is 29.8 Å². The summed E-state index contributed by atoms with van der Waals surface area (Å²) in [6, 6.07) is 0. The maximum absolute atomic E-state index is 10.5. The van der Waals surface area contributed by atoms with E-state index in [4.69, 9.17) is 5.11 Å².